The molecule has 0 aromatic carbocycles. The van der Waals surface area contributed by atoms with Crippen molar-refractivity contribution < 1.29 is 21.9 Å². The largest absolute Gasteiger partial charge is 0.397 e. The Morgan fingerprint density at radius 2 is 2.27 bits per heavy atom. The minimum atomic E-state index is -4.41. The maximum absolute atomic E-state index is 10.0. The molecule has 0 heterocycles. The average Bonchev–Trinajstić information content (AvgIpc) is 1.79. The SMILES string of the molecule is CC(CNC=O)OS(=O)(=O)O. The average molecular weight is 183 g/mol. The van der Waals surface area contributed by atoms with Crippen LogP contribution in [0.4, 0.5) is 0 Å². The summed E-state index contributed by atoms with van der Waals surface area (Å²) in [6.07, 6.45) is -0.362. The standard InChI is InChI=1S/C4H9NO5S/c1-4(2-5-3-6)10-11(7,8)9/h3-4H,2H2,1H3,(H,5,6)(H,7,8,9). The highest BCUT2D eigenvalue weighted by Gasteiger charge is 2.10. The van der Waals surface area contributed by atoms with Gasteiger partial charge in [-0.15, -0.1) is 0 Å². The third kappa shape index (κ3) is 7.23. The van der Waals surface area contributed by atoms with Crippen LogP contribution < -0.4 is 5.32 Å². The van der Waals surface area contributed by atoms with Gasteiger partial charge in [0.05, 0.1) is 6.10 Å². The first-order valence-corrected chi connectivity index (χ1v) is 4.15. The summed E-state index contributed by atoms with van der Waals surface area (Å²) in [5.41, 5.74) is 0. The van der Waals surface area contributed by atoms with Gasteiger partial charge in [0.1, 0.15) is 0 Å². The molecule has 0 aliphatic carbocycles. The van der Waals surface area contributed by atoms with E-state index in [4.69, 9.17) is 4.55 Å². The van der Waals surface area contributed by atoms with Crippen molar-refractivity contribution in [2.45, 2.75) is 13.0 Å². The van der Waals surface area contributed by atoms with Crippen LogP contribution in [0.15, 0.2) is 0 Å². The fraction of sp³-hybridized carbons (Fsp3) is 0.750. The van der Waals surface area contributed by atoms with Crippen molar-refractivity contribution in [2.24, 2.45) is 0 Å². The molecule has 0 bridgehead atoms. The lowest BCUT2D eigenvalue weighted by atomic mass is 10.4. The summed E-state index contributed by atoms with van der Waals surface area (Å²) in [5, 5.41) is 2.19. The van der Waals surface area contributed by atoms with Gasteiger partial charge in [-0.3, -0.25) is 9.35 Å². The summed E-state index contributed by atoms with van der Waals surface area (Å²) < 4.78 is 32.2. The van der Waals surface area contributed by atoms with E-state index in [1.807, 2.05) is 0 Å². The molecule has 0 aromatic rings. The minimum Gasteiger partial charge on any atom is -0.356 e. The maximum Gasteiger partial charge on any atom is 0.397 e. The van der Waals surface area contributed by atoms with E-state index in [2.05, 4.69) is 9.50 Å². The molecule has 0 rings (SSSR count). The third-order valence-electron chi connectivity index (χ3n) is 0.775. The van der Waals surface area contributed by atoms with E-state index in [1.54, 1.807) is 0 Å². The second kappa shape index (κ2) is 4.27. The molecule has 66 valence electrons. The summed E-state index contributed by atoms with van der Waals surface area (Å²) in [6.45, 7) is 1.42. The van der Waals surface area contributed by atoms with Crippen LogP contribution in [0.25, 0.3) is 0 Å². The molecule has 0 aromatic heterocycles. The fourth-order valence-corrected chi connectivity index (χ4v) is 0.939. The maximum atomic E-state index is 10.0. The molecule has 11 heavy (non-hydrogen) atoms. The van der Waals surface area contributed by atoms with Gasteiger partial charge in [-0.05, 0) is 6.92 Å². The summed E-state index contributed by atoms with van der Waals surface area (Å²) in [6, 6.07) is 0. The van der Waals surface area contributed by atoms with Crippen molar-refractivity contribution in [3.8, 4) is 0 Å². The van der Waals surface area contributed by atoms with Gasteiger partial charge >= 0.3 is 10.4 Å². The second-order valence-corrected chi connectivity index (χ2v) is 2.91. The van der Waals surface area contributed by atoms with Crippen LogP contribution in [-0.2, 0) is 19.4 Å². The van der Waals surface area contributed by atoms with Crippen molar-refractivity contribution in [3.05, 3.63) is 0 Å². The summed E-state index contributed by atoms with van der Waals surface area (Å²) in [5.74, 6) is 0. The van der Waals surface area contributed by atoms with E-state index in [1.165, 1.54) is 6.92 Å². The van der Waals surface area contributed by atoms with Crippen LogP contribution in [0, 0.1) is 0 Å². The second-order valence-electron chi connectivity index (χ2n) is 1.86. The lowest BCUT2D eigenvalue weighted by molar-refractivity contribution is -0.109. The van der Waals surface area contributed by atoms with Crippen LogP contribution >= 0.6 is 0 Å². The number of carbonyl (C=O) groups excluding carboxylic acids is 1. The molecule has 1 amide bonds. The third-order valence-corrected chi connectivity index (χ3v) is 1.35. The van der Waals surface area contributed by atoms with Gasteiger partial charge in [0.15, 0.2) is 0 Å². The van der Waals surface area contributed by atoms with Crippen LogP contribution in [0.3, 0.4) is 0 Å². The number of carbonyl (C=O) groups is 1. The molecule has 0 saturated heterocycles. The zero-order valence-corrected chi connectivity index (χ0v) is 6.67. The van der Waals surface area contributed by atoms with Crippen molar-refractivity contribution >= 4 is 16.8 Å². The van der Waals surface area contributed by atoms with Gasteiger partial charge in [0.25, 0.3) is 0 Å². The highest BCUT2D eigenvalue weighted by molar-refractivity contribution is 7.80. The Hall–Kier alpha value is -0.660. The lowest BCUT2D eigenvalue weighted by Gasteiger charge is -2.07. The smallest absolute Gasteiger partial charge is 0.356 e. The highest BCUT2D eigenvalue weighted by atomic mass is 32.3. The van der Waals surface area contributed by atoms with E-state index in [9.17, 15) is 13.2 Å². The molecule has 6 nitrogen and oxygen atoms in total. The van der Waals surface area contributed by atoms with Crippen molar-refractivity contribution in [1.29, 1.82) is 0 Å². The van der Waals surface area contributed by atoms with Crippen molar-refractivity contribution in [2.75, 3.05) is 6.54 Å². The zero-order valence-electron chi connectivity index (χ0n) is 5.85. The van der Waals surface area contributed by atoms with E-state index in [-0.39, 0.29) is 6.54 Å². The molecular formula is C4H9NO5S. The first-order chi connectivity index (χ1) is 4.95. The molecule has 0 aliphatic rings. The molecule has 2 N–H and O–H groups in total. The first kappa shape index (κ1) is 10.3. The summed E-state index contributed by atoms with van der Waals surface area (Å²) in [7, 11) is -4.41. The van der Waals surface area contributed by atoms with Gasteiger partial charge in [0, 0.05) is 6.54 Å². The van der Waals surface area contributed by atoms with E-state index in [0.717, 1.165) is 0 Å². The summed E-state index contributed by atoms with van der Waals surface area (Å²) in [4.78, 5) is 9.70. The monoisotopic (exact) mass is 183 g/mol. The number of hydrogen-bond donors (Lipinski definition) is 2. The van der Waals surface area contributed by atoms with Gasteiger partial charge in [-0.2, -0.15) is 8.42 Å². The zero-order chi connectivity index (χ0) is 8.91. The first-order valence-electron chi connectivity index (χ1n) is 2.78. The molecule has 0 saturated carbocycles. The Labute approximate surface area is 64.5 Å². The molecule has 0 radical (unpaired) electrons. The van der Waals surface area contributed by atoms with E-state index in [0.29, 0.717) is 6.41 Å². The lowest BCUT2D eigenvalue weighted by Crippen LogP contribution is -2.27. The highest BCUT2D eigenvalue weighted by Crippen LogP contribution is 1.93. The number of amides is 1. The Bertz CT molecular complexity index is 211. The van der Waals surface area contributed by atoms with Crippen molar-refractivity contribution in [3.63, 3.8) is 0 Å². The fourth-order valence-electron chi connectivity index (χ4n) is 0.456. The van der Waals surface area contributed by atoms with E-state index < -0.39 is 16.5 Å². The number of hydrogen-bond acceptors (Lipinski definition) is 4. The normalized spacial score (nSPS) is 14.0. The van der Waals surface area contributed by atoms with Crippen LogP contribution in [-0.4, -0.2) is 32.0 Å². The number of rotatable bonds is 5. The number of nitrogens with one attached hydrogen (secondary N) is 1. The minimum absolute atomic E-state index is 0.0310. The predicted molar refractivity (Wildman–Crippen MR) is 36.2 cm³/mol. The van der Waals surface area contributed by atoms with E-state index >= 15 is 0 Å². The van der Waals surface area contributed by atoms with Gasteiger partial charge in [0.2, 0.25) is 6.41 Å². The Morgan fingerprint density at radius 3 is 2.64 bits per heavy atom. The predicted octanol–water partition coefficient (Wildman–Crippen LogP) is -1.06. The Balaban J connectivity index is 3.69. The van der Waals surface area contributed by atoms with Crippen LogP contribution in [0.1, 0.15) is 6.92 Å². The molecule has 7 heteroatoms. The van der Waals surface area contributed by atoms with Gasteiger partial charge in [-0.25, -0.2) is 4.18 Å². The van der Waals surface area contributed by atoms with Gasteiger partial charge in [-0.1, -0.05) is 0 Å². The van der Waals surface area contributed by atoms with Crippen LogP contribution in [0.5, 0.6) is 0 Å². The molecule has 0 spiro atoms. The molecule has 1 unspecified atom stereocenters. The Kier molecular flexibility index (Phi) is 4.01. The Morgan fingerprint density at radius 1 is 1.73 bits per heavy atom. The van der Waals surface area contributed by atoms with Crippen molar-refractivity contribution in [1.82, 2.24) is 5.32 Å². The molecule has 0 fully saturated rings. The van der Waals surface area contributed by atoms with Crippen LogP contribution in [0.2, 0.25) is 0 Å². The topological polar surface area (TPSA) is 92.7 Å². The van der Waals surface area contributed by atoms with Gasteiger partial charge < -0.3 is 5.32 Å². The quantitative estimate of drug-likeness (QED) is 0.418. The molecule has 0 aliphatic heterocycles. The molecular weight excluding hydrogens is 174 g/mol. The summed E-state index contributed by atoms with van der Waals surface area (Å²) >= 11 is 0. The molecule has 1 atom stereocenters.